The molecule has 0 spiro atoms. The number of anilines is 1. The van der Waals surface area contributed by atoms with Gasteiger partial charge in [-0.25, -0.2) is 4.98 Å². The molecule has 1 N–H and O–H groups in total. The number of hydrogen-bond acceptors (Lipinski definition) is 5. The number of amides is 1. The first kappa shape index (κ1) is 19.4. The fraction of sp³-hybridized carbons (Fsp3) is 0.273. The number of nitrogens with zero attached hydrogens (tertiary/aromatic N) is 4. The van der Waals surface area contributed by atoms with Crippen molar-refractivity contribution in [3.05, 3.63) is 66.5 Å². The predicted molar refractivity (Wildman–Crippen MR) is 116 cm³/mol. The predicted octanol–water partition coefficient (Wildman–Crippen LogP) is 3.33. The number of piperazine rings is 1. The molecule has 1 aliphatic heterocycles. The molecule has 0 saturated carbocycles. The fourth-order valence-corrected chi connectivity index (χ4v) is 4.38. The molecular formula is C22H24N4O2S. The minimum atomic E-state index is 0.139. The third kappa shape index (κ3) is 4.40. The maximum atomic E-state index is 12.7. The quantitative estimate of drug-likeness (QED) is 0.656. The Morgan fingerprint density at radius 3 is 2.52 bits per heavy atom. The number of phenolic OH excluding ortho intramolecular Hbond substituents is 1. The van der Waals surface area contributed by atoms with Gasteiger partial charge in [-0.15, -0.1) is 0 Å². The molecule has 1 fully saturated rings. The number of rotatable bonds is 5. The summed E-state index contributed by atoms with van der Waals surface area (Å²) in [6.45, 7) is 5.06. The second kappa shape index (κ2) is 8.61. The number of aromatic nitrogens is 2. The Morgan fingerprint density at radius 2 is 1.79 bits per heavy atom. The summed E-state index contributed by atoms with van der Waals surface area (Å²) >= 11 is 1.48. The Kier molecular flexibility index (Phi) is 5.76. The van der Waals surface area contributed by atoms with E-state index < -0.39 is 0 Å². The van der Waals surface area contributed by atoms with Crippen LogP contribution in [-0.2, 0) is 4.79 Å². The van der Waals surface area contributed by atoms with Crippen LogP contribution in [0.15, 0.2) is 66.1 Å². The van der Waals surface area contributed by atoms with Gasteiger partial charge in [-0.3, -0.25) is 9.36 Å². The Labute approximate surface area is 174 Å². The molecule has 3 aromatic rings. The second-order valence-corrected chi connectivity index (χ2v) is 7.98. The normalized spacial score (nSPS) is 14.2. The molecule has 0 bridgehead atoms. The number of hydrogen-bond donors (Lipinski definition) is 1. The molecular weight excluding hydrogens is 384 g/mol. The summed E-state index contributed by atoms with van der Waals surface area (Å²) in [5, 5.41) is 10.3. The zero-order chi connectivity index (χ0) is 20.2. The Bertz CT molecular complexity index is 978. The van der Waals surface area contributed by atoms with Crippen LogP contribution in [0, 0.1) is 6.92 Å². The summed E-state index contributed by atoms with van der Waals surface area (Å²) in [4.78, 5) is 21.3. The number of thioether (sulfide) groups is 1. The summed E-state index contributed by atoms with van der Waals surface area (Å²) < 4.78 is 2.04. The second-order valence-electron chi connectivity index (χ2n) is 7.04. The third-order valence-electron chi connectivity index (χ3n) is 5.15. The van der Waals surface area contributed by atoms with Gasteiger partial charge in [0, 0.05) is 44.3 Å². The summed E-state index contributed by atoms with van der Waals surface area (Å²) in [5.74, 6) is 0.783. The van der Waals surface area contributed by atoms with Gasteiger partial charge in [-0.2, -0.15) is 0 Å². The Balaban J connectivity index is 1.33. The number of phenols is 1. The first-order chi connectivity index (χ1) is 14.1. The molecule has 1 aliphatic rings. The van der Waals surface area contributed by atoms with Crippen molar-refractivity contribution in [3.63, 3.8) is 0 Å². The Morgan fingerprint density at radius 1 is 1.07 bits per heavy atom. The van der Waals surface area contributed by atoms with Crippen molar-refractivity contribution in [2.45, 2.75) is 12.1 Å². The van der Waals surface area contributed by atoms with Gasteiger partial charge in [0.25, 0.3) is 0 Å². The van der Waals surface area contributed by atoms with E-state index >= 15 is 0 Å². The standard InChI is InChI=1S/C22H24N4O2S/c1-17-4-2-3-5-20(17)26-11-10-23-22(26)29-16-21(28)25-14-12-24(13-15-25)18-6-8-19(27)9-7-18/h2-11,27H,12-16H2,1H3. The van der Waals surface area contributed by atoms with E-state index in [4.69, 9.17) is 0 Å². The molecule has 1 amide bonds. The molecule has 1 aromatic heterocycles. The summed E-state index contributed by atoms with van der Waals surface area (Å²) in [6, 6.07) is 15.4. The number of para-hydroxylation sites is 1. The van der Waals surface area contributed by atoms with Crippen molar-refractivity contribution >= 4 is 23.4 Å². The van der Waals surface area contributed by atoms with Crippen LogP contribution in [0.2, 0.25) is 0 Å². The number of aryl methyl sites for hydroxylation is 1. The maximum absolute atomic E-state index is 12.7. The van der Waals surface area contributed by atoms with Crippen molar-refractivity contribution in [1.82, 2.24) is 14.5 Å². The van der Waals surface area contributed by atoms with Gasteiger partial charge < -0.3 is 14.9 Å². The number of carbonyl (C=O) groups is 1. The minimum absolute atomic E-state index is 0.139. The number of benzene rings is 2. The number of carbonyl (C=O) groups excluding carboxylic acids is 1. The summed E-state index contributed by atoms with van der Waals surface area (Å²) in [7, 11) is 0. The molecule has 2 aromatic carbocycles. The van der Waals surface area contributed by atoms with E-state index in [1.165, 1.54) is 17.3 Å². The van der Waals surface area contributed by atoms with Crippen molar-refractivity contribution in [1.29, 1.82) is 0 Å². The van der Waals surface area contributed by atoms with Gasteiger partial charge in [0.05, 0.1) is 11.4 Å². The van der Waals surface area contributed by atoms with Crippen LogP contribution in [0.4, 0.5) is 5.69 Å². The molecule has 7 heteroatoms. The zero-order valence-electron chi connectivity index (χ0n) is 16.4. The largest absolute Gasteiger partial charge is 0.508 e. The van der Waals surface area contributed by atoms with Crippen LogP contribution in [-0.4, -0.2) is 57.4 Å². The molecule has 0 atom stereocenters. The van der Waals surface area contributed by atoms with E-state index in [2.05, 4.69) is 28.9 Å². The molecule has 0 radical (unpaired) electrons. The smallest absolute Gasteiger partial charge is 0.233 e. The lowest BCUT2D eigenvalue weighted by molar-refractivity contribution is -0.128. The van der Waals surface area contributed by atoms with Crippen LogP contribution < -0.4 is 4.90 Å². The van der Waals surface area contributed by atoms with Crippen LogP contribution in [0.1, 0.15) is 5.56 Å². The van der Waals surface area contributed by atoms with Crippen LogP contribution in [0.25, 0.3) is 5.69 Å². The van der Waals surface area contributed by atoms with E-state index in [-0.39, 0.29) is 11.7 Å². The Hall–Kier alpha value is -2.93. The highest BCUT2D eigenvalue weighted by Crippen LogP contribution is 2.24. The van der Waals surface area contributed by atoms with Gasteiger partial charge >= 0.3 is 0 Å². The fourth-order valence-electron chi connectivity index (χ4n) is 3.51. The van der Waals surface area contributed by atoms with E-state index in [0.717, 1.165) is 29.6 Å². The first-order valence-corrected chi connectivity index (χ1v) is 10.6. The van der Waals surface area contributed by atoms with E-state index in [1.807, 2.05) is 39.9 Å². The molecule has 0 aliphatic carbocycles. The summed E-state index contributed by atoms with van der Waals surface area (Å²) in [6.07, 6.45) is 3.71. The van der Waals surface area contributed by atoms with Gasteiger partial charge in [0.15, 0.2) is 5.16 Å². The highest BCUT2D eigenvalue weighted by atomic mass is 32.2. The average Bonchev–Trinajstić information content (AvgIpc) is 3.21. The third-order valence-corrected chi connectivity index (χ3v) is 6.11. The van der Waals surface area contributed by atoms with Crippen molar-refractivity contribution in [3.8, 4) is 11.4 Å². The van der Waals surface area contributed by atoms with Gasteiger partial charge in [0.1, 0.15) is 5.75 Å². The molecule has 0 unspecified atom stereocenters. The van der Waals surface area contributed by atoms with E-state index in [1.54, 1.807) is 18.3 Å². The average molecular weight is 409 g/mol. The molecule has 2 heterocycles. The number of aromatic hydroxyl groups is 1. The van der Waals surface area contributed by atoms with Crippen molar-refractivity contribution < 1.29 is 9.90 Å². The van der Waals surface area contributed by atoms with Crippen molar-refractivity contribution in [2.75, 3.05) is 36.8 Å². The van der Waals surface area contributed by atoms with Gasteiger partial charge in [-0.05, 0) is 42.8 Å². The van der Waals surface area contributed by atoms with E-state index in [0.29, 0.717) is 18.8 Å². The molecule has 1 saturated heterocycles. The monoisotopic (exact) mass is 408 g/mol. The zero-order valence-corrected chi connectivity index (χ0v) is 17.2. The van der Waals surface area contributed by atoms with E-state index in [9.17, 15) is 9.90 Å². The highest BCUT2D eigenvalue weighted by molar-refractivity contribution is 7.99. The summed E-state index contributed by atoms with van der Waals surface area (Å²) in [5.41, 5.74) is 3.33. The molecule has 150 valence electrons. The lowest BCUT2D eigenvalue weighted by atomic mass is 10.2. The minimum Gasteiger partial charge on any atom is -0.508 e. The van der Waals surface area contributed by atoms with Gasteiger partial charge in [0.2, 0.25) is 5.91 Å². The topological polar surface area (TPSA) is 61.6 Å². The maximum Gasteiger partial charge on any atom is 0.233 e. The van der Waals surface area contributed by atoms with Crippen LogP contribution in [0.5, 0.6) is 5.75 Å². The molecule has 6 nitrogen and oxygen atoms in total. The number of imidazole rings is 1. The van der Waals surface area contributed by atoms with Crippen molar-refractivity contribution in [2.24, 2.45) is 0 Å². The highest BCUT2D eigenvalue weighted by Gasteiger charge is 2.22. The molecule has 29 heavy (non-hydrogen) atoms. The van der Waals surface area contributed by atoms with Gasteiger partial charge in [-0.1, -0.05) is 30.0 Å². The SMILES string of the molecule is Cc1ccccc1-n1ccnc1SCC(=O)N1CCN(c2ccc(O)cc2)CC1. The first-order valence-electron chi connectivity index (χ1n) is 9.66. The van der Waals surface area contributed by atoms with Crippen LogP contribution in [0.3, 0.4) is 0 Å². The lowest BCUT2D eigenvalue weighted by Crippen LogP contribution is -2.49. The lowest BCUT2D eigenvalue weighted by Gasteiger charge is -2.36. The van der Waals surface area contributed by atoms with Crippen LogP contribution >= 0.6 is 11.8 Å². The molecule has 4 rings (SSSR count).